The molecule has 1 aliphatic rings. The van der Waals surface area contributed by atoms with Gasteiger partial charge in [0.05, 0.1) is 0 Å². The molecular weight excluding hydrogens is 342 g/mol. The molecule has 1 aromatic rings. The van der Waals surface area contributed by atoms with Gasteiger partial charge >= 0.3 is 6.03 Å². The highest BCUT2D eigenvalue weighted by Gasteiger charge is 2.47. The first-order valence-electron chi connectivity index (χ1n) is 9.77. The number of urea groups is 1. The SMILES string of the molecule is CCCCCCC[C@]1(C)NC(=O)N(CC(=O)Nc2cc(C)cc(C)c2)C1=O. The predicted octanol–water partition coefficient (Wildman–Crippen LogP) is 3.91. The van der Waals surface area contributed by atoms with E-state index in [0.717, 1.165) is 41.7 Å². The highest BCUT2D eigenvalue weighted by molar-refractivity contribution is 6.09. The number of carbonyl (C=O) groups excluding carboxylic acids is 3. The van der Waals surface area contributed by atoms with Gasteiger partial charge in [0.25, 0.3) is 5.91 Å². The van der Waals surface area contributed by atoms with Gasteiger partial charge in [-0.1, -0.05) is 45.1 Å². The first-order valence-corrected chi connectivity index (χ1v) is 9.77. The van der Waals surface area contributed by atoms with Gasteiger partial charge in [-0.2, -0.15) is 0 Å². The van der Waals surface area contributed by atoms with Crippen LogP contribution < -0.4 is 10.6 Å². The Morgan fingerprint density at radius 3 is 2.33 bits per heavy atom. The molecule has 0 bridgehead atoms. The number of hydrogen-bond donors (Lipinski definition) is 2. The molecule has 0 aliphatic carbocycles. The minimum atomic E-state index is -0.913. The van der Waals surface area contributed by atoms with Crippen molar-refractivity contribution in [1.82, 2.24) is 10.2 Å². The number of imide groups is 1. The predicted molar refractivity (Wildman–Crippen MR) is 107 cm³/mol. The lowest BCUT2D eigenvalue weighted by Crippen LogP contribution is -2.44. The van der Waals surface area contributed by atoms with Gasteiger partial charge in [0.1, 0.15) is 12.1 Å². The van der Waals surface area contributed by atoms with Crippen molar-refractivity contribution in [3.05, 3.63) is 29.3 Å². The molecule has 27 heavy (non-hydrogen) atoms. The zero-order valence-electron chi connectivity index (χ0n) is 16.9. The molecule has 1 heterocycles. The molecule has 0 radical (unpaired) electrons. The Bertz CT molecular complexity index is 696. The molecule has 1 fully saturated rings. The standard InChI is InChI=1S/C21H31N3O3/c1-5-6-7-8-9-10-21(4)19(26)24(20(27)23-21)14-18(25)22-17-12-15(2)11-16(3)13-17/h11-13H,5-10,14H2,1-4H3,(H,22,25)(H,23,27)/t21-/m0/s1. The second-order valence-corrected chi connectivity index (χ2v) is 7.74. The molecule has 4 amide bonds. The van der Waals surface area contributed by atoms with E-state index in [4.69, 9.17) is 0 Å². The Balaban J connectivity index is 1.93. The Morgan fingerprint density at radius 1 is 1.07 bits per heavy atom. The molecule has 0 aromatic heterocycles. The van der Waals surface area contributed by atoms with E-state index in [1.807, 2.05) is 32.0 Å². The van der Waals surface area contributed by atoms with Crippen LogP contribution in [-0.2, 0) is 9.59 Å². The quantitative estimate of drug-likeness (QED) is 0.509. The molecule has 1 saturated heterocycles. The molecule has 148 valence electrons. The van der Waals surface area contributed by atoms with E-state index in [9.17, 15) is 14.4 Å². The van der Waals surface area contributed by atoms with Gasteiger partial charge in [0, 0.05) is 5.69 Å². The van der Waals surface area contributed by atoms with Crippen LogP contribution in [0.3, 0.4) is 0 Å². The second-order valence-electron chi connectivity index (χ2n) is 7.74. The average molecular weight is 373 g/mol. The molecule has 1 aliphatic heterocycles. The van der Waals surface area contributed by atoms with Gasteiger partial charge in [0.2, 0.25) is 5.91 Å². The lowest BCUT2D eigenvalue weighted by molar-refractivity contribution is -0.133. The van der Waals surface area contributed by atoms with Gasteiger partial charge in [-0.15, -0.1) is 0 Å². The fourth-order valence-corrected chi connectivity index (χ4v) is 3.53. The zero-order chi connectivity index (χ0) is 20.0. The zero-order valence-corrected chi connectivity index (χ0v) is 16.9. The number of carbonyl (C=O) groups is 3. The highest BCUT2D eigenvalue weighted by atomic mass is 16.2. The van der Waals surface area contributed by atoms with Gasteiger partial charge in [-0.05, 0) is 50.5 Å². The van der Waals surface area contributed by atoms with Crippen LogP contribution in [0.2, 0.25) is 0 Å². The molecule has 6 nitrogen and oxygen atoms in total. The summed E-state index contributed by atoms with van der Waals surface area (Å²) in [7, 11) is 0. The van der Waals surface area contributed by atoms with Gasteiger partial charge in [-0.3, -0.25) is 14.5 Å². The normalized spacial score (nSPS) is 19.3. The number of nitrogens with one attached hydrogen (secondary N) is 2. The Hall–Kier alpha value is -2.37. The Kier molecular flexibility index (Phi) is 6.99. The first-order chi connectivity index (χ1) is 12.7. The van der Waals surface area contributed by atoms with Crippen LogP contribution >= 0.6 is 0 Å². The molecule has 0 saturated carbocycles. The number of aryl methyl sites for hydroxylation is 2. The van der Waals surface area contributed by atoms with Crippen LogP contribution in [0.1, 0.15) is 63.5 Å². The fourth-order valence-electron chi connectivity index (χ4n) is 3.53. The molecule has 0 spiro atoms. The van der Waals surface area contributed by atoms with E-state index in [1.54, 1.807) is 6.92 Å². The van der Waals surface area contributed by atoms with E-state index in [1.165, 1.54) is 6.42 Å². The monoisotopic (exact) mass is 373 g/mol. The van der Waals surface area contributed by atoms with E-state index < -0.39 is 11.6 Å². The van der Waals surface area contributed by atoms with E-state index in [2.05, 4.69) is 17.6 Å². The lowest BCUT2D eigenvalue weighted by atomic mass is 9.94. The largest absolute Gasteiger partial charge is 0.325 e. The average Bonchev–Trinajstić information content (AvgIpc) is 2.77. The molecule has 2 N–H and O–H groups in total. The number of nitrogens with zero attached hydrogens (tertiary/aromatic N) is 1. The van der Waals surface area contributed by atoms with Gasteiger partial charge in [0.15, 0.2) is 0 Å². The van der Waals surface area contributed by atoms with Crippen molar-refractivity contribution in [3.8, 4) is 0 Å². The molecule has 0 unspecified atom stereocenters. The molecule has 1 atom stereocenters. The maximum atomic E-state index is 12.7. The number of rotatable bonds is 9. The third-order valence-electron chi connectivity index (χ3n) is 4.93. The summed E-state index contributed by atoms with van der Waals surface area (Å²) < 4.78 is 0. The summed E-state index contributed by atoms with van der Waals surface area (Å²) in [6.07, 6.45) is 6.00. The summed E-state index contributed by atoms with van der Waals surface area (Å²) in [5.74, 6) is -0.700. The van der Waals surface area contributed by atoms with Crippen LogP contribution in [0.15, 0.2) is 18.2 Å². The van der Waals surface area contributed by atoms with Crippen molar-refractivity contribution in [2.24, 2.45) is 0 Å². The van der Waals surface area contributed by atoms with Crippen LogP contribution in [0, 0.1) is 13.8 Å². The first kappa shape index (κ1) is 20.9. The van der Waals surface area contributed by atoms with Crippen LogP contribution in [-0.4, -0.2) is 34.8 Å². The van der Waals surface area contributed by atoms with Gasteiger partial charge in [-0.25, -0.2) is 4.79 Å². The van der Waals surface area contributed by atoms with Crippen molar-refractivity contribution in [2.75, 3.05) is 11.9 Å². The highest BCUT2D eigenvalue weighted by Crippen LogP contribution is 2.24. The second kappa shape index (κ2) is 9.02. The van der Waals surface area contributed by atoms with E-state index in [0.29, 0.717) is 12.1 Å². The fraction of sp³-hybridized carbons (Fsp3) is 0.571. The molecule has 2 rings (SSSR count). The van der Waals surface area contributed by atoms with Crippen molar-refractivity contribution in [2.45, 2.75) is 71.8 Å². The van der Waals surface area contributed by atoms with Crippen molar-refractivity contribution < 1.29 is 14.4 Å². The topological polar surface area (TPSA) is 78.5 Å². The van der Waals surface area contributed by atoms with Crippen molar-refractivity contribution in [3.63, 3.8) is 0 Å². The third kappa shape index (κ3) is 5.55. The summed E-state index contributed by atoms with van der Waals surface area (Å²) in [6.45, 7) is 7.53. The molecular formula is C21H31N3O3. The minimum Gasteiger partial charge on any atom is -0.325 e. The number of unbranched alkanes of at least 4 members (excludes halogenated alkanes) is 4. The van der Waals surface area contributed by atoms with E-state index >= 15 is 0 Å². The number of benzene rings is 1. The van der Waals surface area contributed by atoms with Crippen molar-refractivity contribution >= 4 is 23.5 Å². The molecule has 6 heteroatoms. The van der Waals surface area contributed by atoms with Crippen LogP contribution in [0.5, 0.6) is 0 Å². The summed E-state index contributed by atoms with van der Waals surface area (Å²) in [5, 5.41) is 5.54. The maximum Gasteiger partial charge on any atom is 0.325 e. The number of hydrogen-bond acceptors (Lipinski definition) is 3. The van der Waals surface area contributed by atoms with Crippen LogP contribution in [0.25, 0.3) is 0 Å². The number of anilines is 1. The Labute approximate surface area is 161 Å². The summed E-state index contributed by atoms with van der Waals surface area (Å²) >= 11 is 0. The van der Waals surface area contributed by atoms with Crippen molar-refractivity contribution in [1.29, 1.82) is 0 Å². The van der Waals surface area contributed by atoms with Gasteiger partial charge < -0.3 is 10.6 Å². The summed E-state index contributed by atoms with van der Waals surface area (Å²) in [4.78, 5) is 38.3. The maximum absolute atomic E-state index is 12.7. The van der Waals surface area contributed by atoms with Crippen LogP contribution in [0.4, 0.5) is 10.5 Å². The number of amides is 4. The lowest BCUT2D eigenvalue weighted by Gasteiger charge is -2.21. The smallest absolute Gasteiger partial charge is 0.325 e. The Morgan fingerprint density at radius 2 is 1.70 bits per heavy atom. The summed E-state index contributed by atoms with van der Waals surface area (Å²) in [6, 6.07) is 5.24. The minimum absolute atomic E-state index is 0.275. The summed E-state index contributed by atoms with van der Waals surface area (Å²) in [5.41, 5.74) is 1.83. The molecule has 1 aromatic carbocycles. The van der Waals surface area contributed by atoms with E-state index in [-0.39, 0.29) is 18.4 Å². The third-order valence-corrected chi connectivity index (χ3v) is 4.93.